The van der Waals surface area contributed by atoms with Gasteiger partial charge >= 0.3 is 0 Å². The van der Waals surface area contributed by atoms with Crippen LogP contribution in [0.3, 0.4) is 0 Å². The van der Waals surface area contributed by atoms with Crippen molar-refractivity contribution in [2.45, 2.75) is 32.6 Å². The van der Waals surface area contributed by atoms with Gasteiger partial charge < -0.3 is 5.11 Å². The average Bonchev–Trinajstić information content (AvgIpc) is 2.39. The Bertz CT molecular complexity index is 608. The molecule has 0 heterocycles. The summed E-state index contributed by atoms with van der Waals surface area (Å²) in [5, 5.41) is 8.97. The zero-order valence-electron chi connectivity index (χ0n) is 10.6. The Balaban J connectivity index is 2.51. The Kier molecular flexibility index (Phi) is 3.98. The number of phenols is 1. The molecule has 19 heavy (non-hydrogen) atoms. The Morgan fingerprint density at radius 3 is 2.42 bits per heavy atom. The molecule has 0 amide bonds. The minimum absolute atomic E-state index is 0.160. The largest absolute Gasteiger partial charge is 0.505 e. The lowest BCUT2D eigenvalue weighted by atomic mass is 10.0. The van der Waals surface area contributed by atoms with Gasteiger partial charge in [0, 0.05) is 0 Å². The van der Waals surface area contributed by atoms with E-state index >= 15 is 0 Å². The average molecular weight is 268 g/mol. The number of aromatic hydroxyl groups is 1. The highest BCUT2D eigenvalue weighted by Gasteiger charge is 2.18. The fourth-order valence-corrected chi connectivity index (χ4v) is 2.17. The third kappa shape index (κ3) is 2.53. The lowest BCUT2D eigenvalue weighted by molar-refractivity contribution is 0.409. The molecule has 0 atom stereocenters. The molecule has 0 unspecified atom stereocenters. The van der Waals surface area contributed by atoms with Gasteiger partial charge in [0.05, 0.1) is 5.39 Å². The van der Waals surface area contributed by atoms with Gasteiger partial charge in [0.15, 0.2) is 11.6 Å². The van der Waals surface area contributed by atoms with E-state index in [0.717, 1.165) is 25.3 Å². The first-order valence-electron chi connectivity index (χ1n) is 6.34. The van der Waals surface area contributed by atoms with Crippen LogP contribution in [0.5, 0.6) is 5.75 Å². The van der Waals surface area contributed by atoms with Gasteiger partial charge in [-0.2, -0.15) is 4.39 Å². The van der Waals surface area contributed by atoms with Crippen LogP contribution in [0, 0.1) is 17.5 Å². The molecule has 4 heteroatoms. The normalized spacial score (nSPS) is 11.2. The van der Waals surface area contributed by atoms with Crippen molar-refractivity contribution >= 4 is 10.8 Å². The summed E-state index contributed by atoms with van der Waals surface area (Å²) >= 11 is 0. The maximum atomic E-state index is 14.2. The quantitative estimate of drug-likeness (QED) is 0.797. The van der Waals surface area contributed by atoms with Crippen molar-refractivity contribution in [2.75, 3.05) is 0 Å². The van der Waals surface area contributed by atoms with Crippen LogP contribution in [0.2, 0.25) is 0 Å². The molecule has 0 aliphatic carbocycles. The second-order valence-electron chi connectivity index (χ2n) is 4.62. The minimum Gasteiger partial charge on any atom is -0.505 e. The summed E-state index contributed by atoms with van der Waals surface area (Å²) < 4.78 is 41.2. The van der Waals surface area contributed by atoms with Crippen LogP contribution in [0.1, 0.15) is 31.7 Å². The maximum absolute atomic E-state index is 14.2. The van der Waals surface area contributed by atoms with E-state index in [-0.39, 0.29) is 10.8 Å². The molecule has 2 aromatic rings. The molecule has 0 spiro atoms. The predicted octanol–water partition coefficient (Wildman–Crippen LogP) is 4.70. The van der Waals surface area contributed by atoms with Gasteiger partial charge in [-0.3, -0.25) is 0 Å². The number of halogens is 3. The van der Waals surface area contributed by atoms with Gasteiger partial charge in [0.25, 0.3) is 0 Å². The monoisotopic (exact) mass is 268 g/mol. The molecule has 1 nitrogen and oxygen atoms in total. The number of hydrogen-bond donors (Lipinski definition) is 1. The van der Waals surface area contributed by atoms with E-state index in [1.807, 2.05) is 6.92 Å². The number of unbranched alkanes of at least 4 members (excludes halogenated alkanes) is 2. The fraction of sp³-hybridized carbons (Fsp3) is 0.333. The molecule has 2 aromatic carbocycles. The summed E-state index contributed by atoms with van der Waals surface area (Å²) in [6.45, 7) is 2.04. The Morgan fingerprint density at radius 1 is 1.00 bits per heavy atom. The van der Waals surface area contributed by atoms with E-state index in [0.29, 0.717) is 12.0 Å². The van der Waals surface area contributed by atoms with Crippen LogP contribution in [-0.2, 0) is 6.42 Å². The Labute approximate surface area is 109 Å². The van der Waals surface area contributed by atoms with Crippen molar-refractivity contribution in [1.82, 2.24) is 0 Å². The van der Waals surface area contributed by atoms with Gasteiger partial charge in [-0.25, -0.2) is 8.78 Å². The molecule has 102 valence electrons. The molecule has 0 aliphatic rings. The molecule has 0 aromatic heterocycles. The molecule has 0 bridgehead atoms. The van der Waals surface area contributed by atoms with E-state index in [1.54, 1.807) is 6.07 Å². The summed E-state index contributed by atoms with van der Waals surface area (Å²) in [4.78, 5) is 0. The first kappa shape index (κ1) is 13.7. The number of aryl methyl sites for hydroxylation is 1. The van der Waals surface area contributed by atoms with Crippen LogP contribution >= 0.6 is 0 Å². The minimum atomic E-state index is -1.41. The Morgan fingerprint density at radius 2 is 1.74 bits per heavy atom. The second kappa shape index (κ2) is 5.51. The van der Waals surface area contributed by atoms with Crippen LogP contribution in [0.15, 0.2) is 18.2 Å². The van der Waals surface area contributed by atoms with Gasteiger partial charge in [-0.1, -0.05) is 31.9 Å². The standard InChI is InChI=1S/C15H15F3O/c1-2-3-4-5-9-6-7-10-8-11(19)14(17)15(18)12(10)13(9)16/h6-8,19H,2-5H2,1H3. The lowest BCUT2D eigenvalue weighted by Gasteiger charge is -2.08. The zero-order chi connectivity index (χ0) is 14.0. The smallest absolute Gasteiger partial charge is 0.201 e. The third-order valence-electron chi connectivity index (χ3n) is 3.23. The molecule has 0 radical (unpaired) electrons. The number of hydrogen-bond acceptors (Lipinski definition) is 1. The van der Waals surface area contributed by atoms with E-state index < -0.39 is 23.2 Å². The first-order valence-corrected chi connectivity index (χ1v) is 6.34. The molecule has 2 rings (SSSR count). The van der Waals surface area contributed by atoms with Crippen molar-refractivity contribution in [3.8, 4) is 5.75 Å². The first-order chi connectivity index (χ1) is 9.06. The summed E-state index contributed by atoms with van der Waals surface area (Å²) in [6.07, 6.45) is 3.27. The summed E-state index contributed by atoms with van der Waals surface area (Å²) in [5.41, 5.74) is 0.380. The van der Waals surface area contributed by atoms with Crippen LogP contribution in [0.4, 0.5) is 13.2 Å². The number of phenolic OH excluding ortho intramolecular Hbond substituents is 1. The van der Waals surface area contributed by atoms with Gasteiger partial charge in [0.1, 0.15) is 5.82 Å². The molecule has 1 N–H and O–H groups in total. The Hall–Kier alpha value is -1.71. The van der Waals surface area contributed by atoms with E-state index in [2.05, 4.69) is 0 Å². The van der Waals surface area contributed by atoms with Gasteiger partial charge in [-0.15, -0.1) is 0 Å². The van der Waals surface area contributed by atoms with E-state index in [9.17, 15) is 18.3 Å². The lowest BCUT2D eigenvalue weighted by Crippen LogP contribution is -1.96. The second-order valence-corrected chi connectivity index (χ2v) is 4.62. The molecule has 0 saturated heterocycles. The SMILES string of the molecule is CCCCCc1ccc2cc(O)c(F)c(F)c2c1F. The van der Waals surface area contributed by atoms with Crippen LogP contribution in [-0.4, -0.2) is 5.11 Å². The van der Waals surface area contributed by atoms with E-state index in [1.165, 1.54) is 6.07 Å². The van der Waals surface area contributed by atoms with Gasteiger partial charge in [-0.05, 0) is 29.9 Å². The third-order valence-corrected chi connectivity index (χ3v) is 3.23. The topological polar surface area (TPSA) is 20.2 Å². The zero-order valence-corrected chi connectivity index (χ0v) is 10.6. The number of fused-ring (bicyclic) bond motifs is 1. The summed E-state index contributed by atoms with van der Waals surface area (Å²) in [7, 11) is 0. The van der Waals surface area contributed by atoms with Crippen molar-refractivity contribution < 1.29 is 18.3 Å². The highest BCUT2D eigenvalue weighted by atomic mass is 19.2. The van der Waals surface area contributed by atoms with Gasteiger partial charge in [0.2, 0.25) is 5.82 Å². The van der Waals surface area contributed by atoms with Crippen molar-refractivity contribution in [2.24, 2.45) is 0 Å². The highest BCUT2D eigenvalue weighted by Crippen LogP contribution is 2.31. The molecular weight excluding hydrogens is 253 g/mol. The van der Waals surface area contributed by atoms with E-state index in [4.69, 9.17) is 0 Å². The molecule has 0 fully saturated rings. The number of benzene rings is 2. The van der Waals surface area contributed by atoms with Crippen molar-refractivity contribution in [3.63, 3.8) is 0 Å². The molecule has 0 saturated carbocycles. The summed E-state index contributed by atoms with van der Waals surface area (Å²) in [6, 6.07) is 4.10. The predicted molar refractivity (Wildman–Crippen MR) is 68.7 cm³/mol. The van der Waals surface area contributed by atoms with Crippen molar-refractivity contribution in [3.05, 3.63) is 41.2 Å². The van der Waals surface area contributed by atoms with Crippen LogP contribution in [0.25, 0.3) is 10.8 Å². The fourth-order valence-electron chi connectivity index (χ4n) is 2.17. The highest BCUT2D eigenvalue weighted by molar-refractivity contribution is 5.86. The molecule has 0 aliphatic heterocycles. The van der Waals surface area contributed by atoms with Crippen molar-refractivity contribution in [1.29, 1.82) is 0 Å². The summed E-state index contributed by atoms with van der Waals surface area (Å²) in [5.74, 6) is -4.27. The number of rotatable bonds is 4. The maximum Gasteiger partial charge on any atom is 0.201 e. The van der Waals surface area contributed by atoms with Crippen LogP contribution < -0.4 is 0 Å². The molecular formula is C15H15F3O.